The molecule has 106 valence electrons. The minimum absolute atomic E-state index is 0.105. The van der Waals surface area contributed by atoms with E-state index in [1.807, 2.05) is 0 Å². The lowest BCUT2D eigenvalue weighted by atomic mass is 10.4. The van der Waals surface area contributed by atoms with E-state index in [0.717, 1.165) is 4.57 Å². The molecule has 9 heteroatoms. The van der Waals surface area contributed by atoms with Gasteiger partial charge in [-0.2, -0.15) is 13.2 Å². The topological polar surface area (TPSA) is 44.1 Å². The zero-order valence-corrected chi connectivity index (χ0v) is 11.2. The number of carbonyl (C=O) groups excluding carboxylic acids is 1. The first kappa shape index (κ1) is 14.5. The van der Waals surface area contributed by atoms with Gasteiger partial charge in [0.1, 0.15) is 5.15 Å². The summed E-state index contributed by atoms with van der Waals surface area (Å²) in [4.78, 5) is 15.2. The van der Waals surface area contributed by atoms with Gasteiger partial charge in [0.05, 0.1) is 12.5 Å². The fourth-order valence-corrected chi connectivity index (χ4v) is 2.48. The van der Waals surface area contributed by atoms with Crippen LogP contribution in [0, 0.1) is 5.92 Å². The molecule has 0 aliphatic heterocycles. The molecule has 19 heavy (non-hydrogen) atoms. The van der Waals surface area contributed by atoms with Gasteiger partial charge < -0.3 is 9.30 Å². The lowest BCUT2D eigenvalue weighted by molar-refractivity contribution is -0.150. The van der Waals surface area contributed by atoms with Crippen LogP contribution in [0.3, 0.4) is 0 Å². The highest BCUT2D eigenvalue weighted by Crippen LogP contribution is 2.55. The highest BCUT2D eigenvalue weighted by atomic mass is 35.5. The summed E-state index contributed by atoms with van der Waals surface area (Å²) in [6, 6.07) is -0.907. The van der Waals surface area contributed by atoms with Crippen LogP contribution in [0.1, 0.15) is 29.9 Å². The van der Waals surface area contributed by atoms with E-state index in [1.165, 1.54) is 0 Å². The van der Waals surface area contributed by atoms with Gasteiger partial charge >= 0.3 is 12.1 Å². The van der Waals surface area contributed by atoms with Crippen LogP contribution in [0.4, 0.5) is 13.2 Å². The van der Waals surface area contributed by atoms with Gasteiger partial charge in [0.15, 0.2) is 5.69 Å². The van der Waals surface area contributed by atoms with Crippen LogP contribution in [-0.4, -0.2) is 28.3 Å². The minimum atomic E-state index is -4.31. The molecular weight excluding hydrogens is 308 g/mol. The second kappa shape index (κ2) is 4.86. The maximum atomic E-state index is 12.5. The average Bonchev–Trinajstić information content (AvgIpc) is 3.01. The number of aromatic nitrogens is 2. The number of halogens is 5. The van der Waals surface area contributed by atoms with E-state index >= 15 is 0 Å². The monoisotopic (exact) mass is 316 g/mol. The molecule has 0 amide bonds. The summed E-state index contributed by atoms with van der Waals surface area (Å²) >= 11 is 11.6. The molecule has 0 saturated heterocycles. The molecule has 0 radical (unpaired) electrons. The Labute approximate surface area is 116 Å². The van der Waals surface area contributed by atoms with Gasteiger partial charge in [-0.3, -0.25) is 0 Å². The first-order valence-electron chi connectivity index (χ1n) is 5.44. The largest absolute Gasteiger partial charge is 0.461 e. The number of esters is 1. The number of hydrogen-bond acceptors (Lipinski definition) is 3. The summed E-state index contributed by atoms with van der Waals surface area (Å²) in [5.41, 5.74) is -0.263. The Bertz CT molecular complexity index is 516. The van der Waals surface area contributed by atoms with Crippen molar-refractivity contribution in [2.75, 3.05) is 6.61 Å². The van der Waals surface area contributed by atoms with Crippen molar-refractivity contribution in [2.45, 2.75) is 25.6 Å². The van der Waals surface area contributed by atoms with Gasteiger partial charge in [-0.1, -0.05) is 11.6 Å². The average molecular weight is 317 g/mol. The molecule has 0 N–H and O–H groups in total. The van der Waals surface area contributed by atoms with Crippen LogP contribution < -0.4 is 0 Å². The highest BCUT2D eigenvalue weighted by molar-refractivity contribution is 6.35. The summed E-state index contributed by atoms with van der Waals surface area (Å²) in [7, 11) is 0. The van der Waals surface area contributed by atoms with Crippen LogP contribution in [-0.2, 0) is 4.74 Å². The second-order valence-corrected chi connectivity index (χ2v) is 4.76. The predicted molar refractivity (Wildman–Crippen MR) is 61.4 cm³/mol. The van der Waals surface area contributed by atoms with Crippen LogP contribution in [0.25, 0.3) is 0 Å². The van der Waals surface area contributed by atoms with Crippen molar-refractivity contribution in [3.05, 3.63) is 16.1 Å². The number of imidazole rings is 1. The summed E-state index contributed by atoms with van der Waals surface area (Å²) in [5.74, 6) is -2.32. The third kappa shape index (κ3) is 2.67. The standard InChI is InChI=1S/C10H9Cl2F3N2O2/c1-2-19-8(18)6-7(11)17(9(12)16-6)5-3-4(5)10(13,14)15/h4-5H,2-3H2,1H3. The third-order valence-corrected chi connectivity index (χ3v) is 3.42. The molecule has 1 aromatic heterocycles. The second-order valence-electron chi connectivity index (χ2n) is 4.06. The van der Waals surface area contributed by atoms with E-state index in [2.05, 4.69) is 4.98 Å². The van der Waals surface area contributed by atoms with Crippen molar-refractivity contribution in [3.63, 3.8) is 0 Å². The fourth-order valence-electron chi connectivity index (χ4n) is 1.82. The summed E-state index contributed by atoms with van der Waals surface area (Å²) in [6.07, 6.45) is -4.44. The van der Waals surface area contributed by atoms with E-state index < -0.39 is 24.1 Å². The lowest BCUT2D eigenvalue weighted by Gasteiger charge is -2.07. The molecule has 1 aromatic rings. The van der Waals surface area contributed by atoms with Gasteiger partial charge in [-0.05, 0) is 24.9 Å². The van der Waals surface area contributed by atoms with Gasteiger partial charge in [0.2, 0.25) is 5.28 Å². The summed E-state index contributed by atoms with van der Waals surface area (Å²) in [5, 5.41) is -0.468. The molecule has 0 spiro atoms. The molecule has 2 atom stereocenters. The number of rotatable bonds is 3. The van der Waals surface area contributed by atoms with Crippen molar-refractivity contribution < 1.29 is 22.7 Å². The van der Waals surface area contributed by atoms with Gasteiger partial charge in [-0.25, -0.2) is 9.78 Å². The van der Waals surface area contributed by atoms with Crippen molar-refractivity contribution in [1.82, 2.24) is 9.55 Å². The van der Waals surface area contributed by atoms with E-state index in [1.54, 1.807) is 6.92 Å². The van der Waals surface area contributed by atoms with Gasteiger partial charge in [0.25, 0.3) is 0 Å². The molecular formula is C10H9Cl2F3N2O2. The Hall–Kier alpha value is -0.950. The SMILES string of the molecule is CCOC(=O)c1nc(Cl)n(C2CC2C(F)(F)F)c1Cl. The zero-order valence-electron chi connectivity index (χ0n) is 9.67. The van der Waals surface area contributed by atoms with E-state index in [0.29, 0.717) is 0 Å². The summed E-state index contributed by atoms with van der Waals surface area (Å²) < 4.78 is 43.3. The van der Waals surface area contributed by atoms with Crippen molar-refractivity contribution >= 4 is 29.2 Å². The number of carbonyl (C=O) groups is 1. The van der Waals surface area contributed by atoms with Gasteiger partial charge in [0, 0.05) is 6.04 Å². The molecule has 4 nitrogen and oxygen atoms in total. The molecule has 1 saturated carbocycles. The molecule has 1 aliphatic carbocycles. The van der Waals surface area contributed by atoms with Gasteiger partial charge in [-0.15, -0.1) is 0 Å². The molecule has 0 bridgehead atoms. The van der Waals surface area contributed by atoms with Crippen LogP contribution >= 0.6 is 23.2 Å². The molecule has 1 aliphatic rings. The smallest absolute Gasteiger partial charge is 0.393 e. The Kier molecular flexibility index (Phi) is 3.70. The van der Waals surface area contributed by atoms with Crippen molar-refractivity contribution in [3.8, 4) is 0 Å². The highest BCUT2D eigenvalue weighted by Gasteiger charge is 2.57. The van der Waals surface area contributed by atoms with Crippen LogP contribution in [0.2, 0.25) is 10.4 Å². The lowest BCUT2D eigenvalue weighted by Crippen LogP contribution is -2.13. The maximum absolute atomic E-state index is 12.5. The Morgan fingerprint density at radius 3 is 2.63 bits per heavy atom. The fraction of sp³-hybridized carbons (Fsp3) is 0.600. The number of ether oxygens (including phenoxy) is 1. The number of hydrogen-bond donors (Lipinski definition) is 0. The third-order valence-electron chi connectivity index (χ3n) is 2.79. The normalized spacial score (nSPS) is 22.4. The maximum Gasteiger partial charge on any atom is 0.393 e. The van der Waals surface area contributed by atoms with Crippen molar-refractivity contribution in [1.29, 1.82) is 0 Å². The first-order valence-corrected chi connectivity index (χ1v) is 6.20. The first-order chi connectivity index (χ1) is 8.77. The van der Waals surface area contributed by atoms with E-state index in [4.69, 9.17) is 27.9 Å². The Balaban J connectivity index is 2.27. The number of alkyl halides is 3. The summed E-state index contributed by atoms with van der Waals surface area (Å²) in [6.45, 7) is 1.69. The van der Waals surface area contributed by atoms with Crippen LogP contribution in [0.5, 0.6) is 0 Å². The van der Waals surface area contributed by atoms with Crippen molar-refractivity contribution in [2.24, 2.45) is 5.92 Å². The van der Waals surface area contributed by atoms with E-state index in [-0.39, 0.29) is 29.2 Å². The minimum Gasteiger partial charge on any atom is -0.461 e. The van der Waals surface area contributed by atoms with Crippen LogP contribution in [0.15, 0.2) is 0 Å². The molecule has 1 heterocycles. The van der Waals surface area contributed by atoms with E-state index in [9.17, 15) is 18.0 Å². The quantitative estimate of drug-likeness (QED) is 0.802. The Morgan fingerprint density at radius 1 is 1.53 bits per heavy atom. The molecule has 2 rings (SSSR count). The predicted octanol–water partition coefficient (Wildman–Crippen LogP) is 3.49. The molecule has 0 aromatic carbocycles. The zero-order chi connectivity index (χ0) is 14.4. The Morgan fingerprint density at radius 2 is 2.16 bits per heavy atom. The number of nitrogens with zero attached hydrogens (tertiary/aromatic N) is 2. The molecule has 2 unspecified atom stereocenters. The molecule has 1 fully saturated rings.